The third kappa shape index (κ3) is 1.60. The molecule has 2 aromatic carbocycles. The van der Waals surface area contributed by atoms with Gasteiger partial charge in [-0.3, -0.25) is 4.40 Å². The average molecular weight is 280 g/mol. The lowest BCUT2D eigenvalue weighted by Crippen LogP contribution is -1.90. The van der Waals surface area contributed by atoms with Crippen molar-refractivity contribution in [1.29, 1.82) is 0 Å². The van der Waals surface area contributed by atoms with Gasteiger partial charge in [0, 0.05) is 17.1 Å². The lowest BCUT2D eigenvalue weighted by atomic mass is 10.1. The molecule has 0 saturated carbocycles. The van der Waals surface area contributed by atoms with Gasteiger partial charge in [-0.1, -0.05) is 48.0 Å². The quantitative estimate of drug-likeness (QED) is 0.523. The molecule has 0 atom stereocenters. The summed E-state index contributed by atoms with van der Waals surface area (Å²) in [5.41, 5.74) is 1.73. The molecule has 4 rings (SSSR count). The Balaban J connectivity index is 2.08. The first-order chi connectivity index (χ1) is 9.84. The molecule has 0 saturated heterocycles. The Morgan fingerprint density at radius 1 is 0.850 bits per heavy atom. The van der Waals surface area contributed by atoms with E-state index in [1.807, 2.05) is 47.0 Å². The Morgan fingerprint density at radius 3 is 2.55 bits per heavy atom. The van der Waals surface area contributed by atoms with Crippen LogP contribution in [0.3, 0.4) is 0 Å². The lowest BCUT2D eigenvalue weighted by Gasteiger charge is -2.03. The van der Waals surface area contributed by atoms with Crippen LogP contribution in [0, 0.1) is 0 Å². The predicted octanol–water partition coefficient (Wildman–Crippen LogP) is 4.20. The first-order valence-corrected chi connectivity index (χ1v) is 6.70. The van der Waals surface area contributed by atoms with Crippen molar-refractivity contribution in [3.8, 4) is 11.4 Å². The molecule has 0 aliphatic heterocycles. The highest BCUT2D eigenvalue weighted by atomic mass is 35.5. The second-order valence-corrected chi connectivity index (χ2v) is 5.01. The Kier molecular flexibility index (Phi) is 2.47. The number of halogens is 1. The Morgan fingerprint density at radius 2 is 1.65 bits per heavy atom. The molecular weight excluding hydrogens is 270 g/mol. The zero-order valence-electron chi connectivity index (χ0n) is 10.5. The van der Waals surface area contributed by atoms with E-state index >= 15 is 0 Å². The van der Waals surface area contributed by atoms with Crippen LogP contribution < -0.4 is 0 Å². The Bertz CT molecular complexity index is 927. The first-order valence-electron chi connectivity index (χ1n) is 6.32. The SMILES string of the molecule is Clc1ccccc1-c1nnc2c3ccccc3ccn12. The van der Waals surface area contributed by atoms with Crippen LogP contribution in [0.15, 0.2) is 60.8 Å². The van der Waals surface area contributed by atoms with E-state index in [4.69, 9.17) is 11.6 Å². The van der Waals surface area contributed by atoms with Crippen LogP contribution in [-0.4, -0.2) is 14.6 Å². The van der Waals surface area contributed by atoms with E-state index in [-0.39, 0.29) is 0 Å². The number of benzene rings is 2. The fraction of sp³-hybridized carbons (Fsp3) is 0. The van der Waals surface area contributed by atoms with Crippen molar-refractivity contribution in [2.24, 2.45) is 0 Å². The van der Waals surface area contributed by atoms with Gasteiger partial charge in [-0.2, -0.15) is 0 Å². The molecule has 0 aliphatic carbocycles. The lowest BCUT2D eigenvalue weighted by molar-refractivity contribution is 1.11. The van der Waals surface area contributed by atoms with Crippen LogP contribution >= 0.6 is 11.6 Å². The molecule has 4 aromatic rings. The summed E-state index contributed by atoms with van der Waals surface area (Å²) in [4.78, 5) is 0. The van der Waals surface area contributed by atoms with Gasteiger partial charge in [0.05, 0.1) is 5.02 Å². The summed E-state index contributed by atoms with van der Waals surface area (Å²) in [7, 11) is 0. The number of rotatable bonds is 1. The molecule has 0 fully saturated rings. The van der Waals surface area contributed by atoms with Gasteiger partial charge in [0.25, 0.3) is 0 Å². The van der Waals surface area contributed by atoms with Crippen molar-refractivity contribution in [3.05, 3.63) is 65.8 Å². The molecule has 3 nitrogen and oxygen atoms in total. The molecule has 0 N–H and O–H groups in total. The first kappa shape index (κ1) is 11.4. The van der Waals surface area contributed by atoms with Gasteiger partial charge in [0.2, 0.25) is 0 Å². The van der Waals surface area contributed by atoms with Crippen molar-refractivity contribution in [2.75, 3.05) is 0 Å². The van der Waals surface area contributed by atoms with Crippen molar-refractivity contribution in [1.82, 2.24) is 14.6 Å². The van der Waals surface area contributed by atoms with Crippen LogP contribution in [0.2, 0.25) is 5.02 Å². The van der Waals surface area contributed by atoms with E-state index in [1.165, 1.54) is 0 Å². The number of hydrogen-bond acceptors (Lipinski definition) is 2. The molecule has 20 heavy (non-hydrogen) atoms. The predicted molar refractivity (Wildman–Crippen MR) is 80.9 cm³/mol. The minimum Gasteiger partial charge on any atom is -0.282 e. The third-order valence-electron chi connectivity index (χ3n) is 3.42. The molecule has 0 radical (unpaired) electrons. The maximum Gasteiger partial charge on any atom is 0.169 e. The molecular formula is C16H10ClN3. The van der Waals surface area contributed by atoms with Crippen LogP contribution in [-0.2, 0) is 0 Å². The highest BCUT2D eigenvalue weighted by Crippen LogP contribution is 2.28. The van der Waals surface area contributed by atoms with Crippen molar-refractivity contribution in [3.63, 3.8) is 0 Å². The molecule has 0 bridgehead atoms. The van der Waals surface area contributed by atoms with Gasteiger partial charge in [-0.05, 0) is 23.6 Å². The largest absolute Gasteiger partial charge is 0.282 e. The maximum atomic E-state index is 6.25. The summed E-state index contributed by atoms with van der Waals surface area (Å²) >= 11 is 6.25. The van der Waals surface area contributed by atoms with Crippen molar-refractivity contribution in [2.45, 2.75) is 0 Å². The Labute approximate surface area is 120 Å². The highest BCUT2D eigenvalue weighted by Gasteiger charge is 2.12. The second kappa shape index (κ2) is 4.32. The number of fused-ring (bicyclic) bond motifs is 3. The van der Waals surface area contributed by atoms with Gasteiger partial charge in [-0.25, -0.2) is 0 Å². The summed E-state index contributed by atoms with van der Waals surface area (Å²) < 4.78 is 1.98. The summed E-state index contributed by atoms with van der Waals surface area (Å²) in [6.07, 6.45) is 1.98. The molecule has 0 aliphatic rings. The van der Waals surface area contributed by atoms with Crippen molar-refractivity contribution >= 4 is 28.0 Å². The van der Waals surface area contributed by atoms with E-state index < -0.39 is 0 Å². The van der Waals surface area contributed by atoms with Gasteiger partial charge in [-0.15, -0.1) is 10.2 Å². The fourth-order valence-corrected chi connectivity index (χ4v) is 2.66. The summed E-state index contributed by atoms with van der Waals surface area (Å²) in [6, 6.07) is 17.9. The number of pyridine rings is 1. The van der Waals surface area contributed by atoms with E-state index in [2.05, 4.69) is 28.4 Å². The van der Waals surface area contributed by atoms with Crippen LogP contribution in [0.1, 0.15) is 0 Å². The normalized spacial score (nSPS) is 11.2. The maximum absolute atomic E-state index is 6.25. The van der Waals surface area contributed by atoms with Crippen molar-refractivity contribution < 1.29 is 0 Å². The smallest absolute Gasteiger partial charge is 0.169 e. The zero-order valence-corrected chi connectivity index (χ0v) is 11.2. The van der Waals surface area contributed by atoms with Gasteiger partial charge in [0.1, 0.15) is 0 Å². The van der Waals surface area contributed by atoms with Crippen LogP contribution in [0.25, 0.3) is 27.8 Å². The molecule has 2 aromatic heterocycles. The molecule has 0 unspecified atom stereocenters. The van der Waals surface area contributed by atoms with E-state index in [9.17, 15) is 0 Å². The number of hydrogen-bond donors (Lipinski definition) is 0. The fourth-order valence-electron chi connectivity index (χ4n) is 2.44. The van der Waals surface area contributed by atoms with E-state index in [1.54, 1.807) is 0 Å². The number of nitrogens with zero attached hydrogens (tertiary/aromatic N) is 3. The highest BCUT2D eigenvalue weighted by molar-refractivity contribution is 6.33. The standard InChI is InChI=1S/C16H10ClN3/c17-14-8-4-3-7-13(14)16-19-18-15-12-6-2-1-5-11(12)9-10-20(15)16/h1-10H. The zero-order chi connectivity index (χ0) is 13.5. The van der Waals surface area contributed by atoms with E-state index in [0.29, 0.717) is 5.02 Å². The topological polar surface area (TPSA) is 30.2 Å². The van der Waals surface area contributed by atoms with Crippen LogP contribution in [0.5, 0.6) is 0 Å². The molecule has 0 spiro atoms. The molecule has 0 amide bonds. The van der Waals surface area contributed by atoms with Gasteiger partial charge in [0.15, 0.2) is 11.5 Å². The molecule has 2 heterocycles. The molecule has 96 valence electrons. The second-order valence-electron chi connectivity index (χ2n) is 4.60. The number of aromatic nitrogens is 3. The van der Waals surface area contributed by atoms with Crippen LogP contribution in [0.4, 0.5) is 0 Å². The van der Waals surface area contributed by atoms with Gasteiger partial charge < -0.3 is 0 Å². The monoisotopic (exact) mass is 279 g/mol. The Hall–Kier alpha value is -2.39. The average Bonchev–Trinajstić information content (AvgIpc) is 2.92. The molecule has 4 heteroatoms. The summed E-state index contributed by atoms with van der Waals surface area (Å²) in [5, 5.41) is 11.5. The minimum absolute atomic E-state index is 0.676. The third-order valence-corrected chi connectivity index (χ3v) is 3.75. The summed E-state index contributed by atoms with van der Waals surface area (Å²) in [5.74, 6) is 0.761. The van der Waals surface area contributed by atoms with E-state index in [0.717, 1.165) is 27.8 Å². The summed E-state index contributed by atoms with van der Waals surface area (Å²) in [6.45, 7) is 0. The van der Waals surface area contributed by atoms with Gasteiger partial charge >= 0.3 is 0 Å². The minimum atomic E-state index is 0.676.